The van der Waals surface area contributed by atoms with Gasteiger partial charge >= 0.3 is 17.9 Å². The van der Waals surface area contributed by atoms with Gasteiger partial charge in [-0.15, -0.1) is 0 Å². The average Bonchev–Trinajstić information content (AvgIpc) is 1.59. The van der Waals surface area contributed by atoms with Crippen LogP contribution < -0.4 is 14.2 Å². The van der Waals surface area contributed by atoms with Crippen LogP contribution >= 0.6 is 0 Å². The average molecular weight is 1470 g/mol. The third kappa shape index (κ3) is 21.9. The molecule has 1 aliphatic heterocycles. The third-order valence-electron chi connectivity index (χ3n) is 18.7. The van der Waals surface area contributed by atoms with E-state index in [-0.39, 0.29) is 86.7 Å². The predicted molar refractivity (Wildman–Crippen MR) is 424 cm³/mol. The lowest BCUT2D eigenvalue weighted by Gasteiger charge is -2.30. The number of carboxylic acid groups (broad SMARTS) is 3. The largest absolute Gasteiger partial charge is 0.507 e. The lowest BCUT2D eigenvalue weighted by Crippen LogP contribution is -2.36. The molecule has 0 saturated heterocycles. The maximum atomic E-state index is 13.5. The van der Waals surface area contributed by atoms with Crippen LogP contribution in [0.4, 0.5) is 0 Å². The second kappa shape index (κ2) is 38.9. The Balaban J connectivity index is 0.000000203. The smallest absolute Gasteiger partial charge is 0.339 e. The maximum absolute atomic E-state index is 13.5. The zero-order chi connectivity index (χ0) is 74.6. The van der Waals surface area contributed by atoms with E-state index in [9.17, 15) is 59.4 Å². The Morgan fingerprint density at radius 1 is 0.385 bits per heavy atom. The Hall–Kier alpha value is -13.0. The van der Waals surface area contributed by atoms with Crippen LogP contribution in [-0.2, 0) is 43.9 Å². The van der Waals surface area contributed by atoms with Crippen molar-refractivity contribution < 1.29 is 73.6 Å². The Morgan fingerprint density at radius 2 is 0.771 bits per heavy atom. The first-order valence-corrected chi connectivity index (χ1v) is 34.8. The number of aromatic hydroxyl groups is 3. The van der Waals surface area contributed by atoms with Crippen molar-refractivity contribution >= 4 is 35.6 Å². The van der Waals surface area contributed by atoms with Crippen LogP contribution in [0.15, 0.2) is 255 Å². The van der Waals surface area contributed by atoms with E-state index >= 15 is 0 Å². The van der Waals surface area contributed by atoms with Gasteiger partial charge in [0.1, 0.15) is 39.7 Å². The summed E-state index contributed by atoms with van der Waals surface area (Å²) >= 11 is 0. The zero-order valence-electron chi connectivity index (χ0n) is 58.7. The molecule has 2 aliphatic rings. The molecule has 1 fully saturated rings. The Morgan fingerprint density at radius 3 is 1.22 bits per heavy atom. The fourth-order valence-electron chi connectivity index (χ4n) is 12.8. The number of amides is 3. The molecule has 13 rings (SSSR count). The Bertz CT molecular complexity index is 4890. The van der Waals surface area contributed by atoms with Gasteiger partial charge in [-0.1, -0.05) is 229 Å². The minimum Gasteiger partial charge on any atom is -0.507 e. The first-order chi connectivity index (χ1) is 51.3. The summed E-state index contributed by atoms with van der Waals surface area (Å²) in [7, 11) is 1.57. The SMILES string of the molecule is C.C.C.COc1cccc(C(=O)N(Cc2ccccc2)Cc2ccc(-c3ccc(O)c(C(=O)O)c3)cc2)c1.Cc1ccc(CN(Cc2ccc(-c3ccc(O)c(C(=O)O)c3)cc2)C(=O)C2CCCCC2)cc1.O=C(O)c1cc(-c2ccc(CN(CCc3ccccc3)C(=O)c3ccc4c(c3)OCO4)cc2)ccc1O. The fourth-order valence-corrected chi connectivity index (χ4v) is 12.8. The van der Waals surface area contributed by atoms with Crippen LogP contribution in [-0.4, -0.2) is 101 Å². The number of hydrogen-bond acceptors (Lipinski definition) is 12. The molecule has 0 atom stereocenters. The number of phenols is 3. The molecule has 0 aromatic heterocycles. The van der Waals surface area contributed by atoms with E-state index in [1.54, 1.807) is 72.7 Å². The summed E-state index contributed by atoms with van der Waals surface area (Å²) in [4.78, 5) is 80.0. The van der Waals surface area contributed by atoms with E-state index in [1.807, 2.05) is 143 Å². The summed E-state index contributed by atoms with van der Waals surface area (Å²) in [5.74, 6) is -2.41. The molecule has 18 heteroatoms. The van der Waals surface area contributed by atoms with Gasteiger partial charge in [0.15, 0.2) is 11.5 Å². The quantitative estimate of drug-likeness (QED) is 0.0348. The number of aromatic carboxylic acids is 3. The Kier molecular flexibility index (Phi) is 29.1. The number of methoxy groups -OCH3 is 1. The summed E-state index contributed by atoms with van der Waals surface area (Å²) in [6, 6.07) is 77.1. The maximum Gasteiger partial charge on any atom is 0.339 e. The van der Waals surface area contributed by atoms with Crippen molar-refractivity contribution in [1.29, 1.82) is 0 Å². The van der Waals surface area contributed by atoms with E-state index in [4.69, 9.17) is 14.2 Å². The van der Waals surface area contributed by atoms with Crippen LogP contribution in [0, 0.1) is 12.8 Å². The number of nitrogens with zero attached hydrogens (tertiary/aromatic N) is 3. The molecule has 11 aromatic rings. The number of carbonyl (C=O) groups excluding carboxylic acids is 3. The van der Waals surface area contributed by atoms with Crippen LogP contribution in [0.2, 0.25) is 0 Å². The van der Waals surface area contributed by atoms with E-state index in [0.717, 1.165) is 81.3 Å². The number of ether oxygens (including phenoxy) is 3. The highest BCUT2D eigenvalue weighted by Gasteiger charge is 2.28. The van der Waals surface area contributed by atoms with Gasteiger partial charge in [0.05, 0.1) is 7.11 Å². The fraction of sp³-hybridized carbons (Fsp3) is 0.209. The molecular weight excluding hydrogens is 1380 g/mol. The summed E-state index contributed by atoms with van der Waals surface area (Å²) in [5, 5.41) is 57.2. The lowest BCUT2D eigenvalue weighted by atomic mass is 9.88. The number of hydrogen-bond donors (Lipinski definition) is 6. The summed E-state index contributed by atoms with van der Waals surface area (Å²) in [6.45, 7) is 5.07. The molecule has 0 bridgehead atoms. The van der Waals surface area contributed by atoms with Crippen molar-refractivity contribution in [2.24, 2.45) is 5.92 Å². The first-order valence-electron chi connectivity index (χ1n) is 34.8. The van der Waals surface area contributed by atoms with Gasteiger partial charge in [-0.25, -0.2) is 14.4 Å². The number of carboxylic acids is 3. The van der Waals surface area contributed by atoms with Crippen molar-refractivity contribution in [1.82, 2.24) is 14.7 Å². The highest BCUT2D eigenvalue weighted by atomic mass is 16.7. The van der Waals surface area contributed by atoms with Crippen LogP contribution in [0.25, 0.3) is 33.4 Å². The van der Waals surface area contributed by atoms with Crippen molar-refractivity contribution in [2.75, 3.05) is 20.4 Å². The van der Waals surface area contributed by atoms with Gasteiger partial charge in [0.2, 0.25) is 12.7 Å². The minimum atomic E-state index is -1.19. The van der Waals surface area contributed by atoms with Crippen molar-refractivity contribution in [2.45, 2.75) is 100 Å². The predicted octanol–water partition coefficient (Wildman–Crippen LogP) is 19.1. The number of aryl methyl sites for hydroxylation is 1. The summed E-state index contributed by atoms with van der Waals surface area (Å²) in [5.41, 5.74) is 12.6. The minimum absolute atomic E-state index is 0. The normalized spacial score (nSPS) is 11.8. The topological polar surface area (TPSA) is 261 Å². The van der Waals surface area contributed by atoms with Crippen LogP contribution in [0.1, 0.15) is 145 Å². The van der Waals surface area contributed by atoms with E-state index < -0.39 is 17.9 Å². The van der Waals surface area contributed by atoms with Crippen molar-refractivity contribution in [3.8, 4) is 67.9 Å². The molecule has 1 aliphatic carbocycles. The second-order valence-electron chi connectivity index (χ2n) is 26.1. The standard InChI is InChI=1S/C30H25NO6.C29H25NO5.C29H31NO4.3CH4/c32-26-12-10-23(16-25(26)30(34)35)22-8-6-21(7-9-22)18-31(15-14-20-4-2-1-3-5-20)29(33)24-11-13-27-28(17-24)37-19-36-27;1-35-25-9-5-8-24(16-25)28(32)30(18-20-6-3-2-4-7-20)19-21-10-12-22(13-11-21)23-14-15-27(31)26(17-23)29(33)34;1-20-7-9-21(10-8-20)18-30(28(32)24-5-3-2-4-6-24)19-22-11-13-23(14-12-22)25-15-16-27(31)26(17-25)29(33)34;;;/h1-13,16-17,32H,14-15,18-19H2,(H,34,35);2-17,31H,18-19H2,1H3,(H,33,34);7-17,24,31H,2-6,18-19H2,1H3,(H,33,34);3*1H4. The van der Waals surface area contributed by atoms with Gasteiger partial charge in [-0.2, -0.15) is 0 Å². The monoisotopic (exact) mass is 1470 g/mol. The zero-order valence-corrected chi connectivity index (χ0v) is 58.7. The molecule has 1 heterocycles. The van der Waals surface area contributed by atoms with Crippen LogP contribution in [0.3, 0.4) is 0 Å². The lowest BCUT2D eigenvalue weighted by molar-refractivity contribution is -0.137. The molecule has 0 spiro atoms. The van der Waals surface area contributed by atoms with Gasteiger partial charge < -0.3 is 59.5 Å². The number of carbonyl (C=O) groups is 6. The number of fused-ring (bicyclic) bond motifs is 1. The third-order valence-corrected chi connectivity index (χ3v) is 18.7. The van der Waals surface area contributed by atoms with E-state index in [2.05, 4.69) is 31.2 Å². The van der Waals surface area contributed by atoms with Crippen molar-refractivity contribution in [3.05, 3.63) is 322 Å². The molecule has 18 nitrogen and oxygen atoms in total. The van der Waals surface area contributed by atoms with Crippen LogP contribution in [0.5, 0.6) is 34.5 Å². The molecule has 3 amide bonds. The van der Waals surface area contributed by atoms with Gasteiger partial charge in [0, 0.05) is 56.3 Å². The number of rotatable bonds is 23. The van der Waals surface area contributed by atoms with Gasteiger partial charge in [0.25, 0.3) is 11.8 Å². The Labute approximate surface area is 636 Å². The van der Waals surface area contributed by atoms with Crippen molar-refractivity contribution in [3.63, 3.8) is 0 Å². The molecular formula is C91H93N3O15. The highest BCUT2D eigenvalue weighted by Crippen LogP contribution is 2.35. The highest BCUT2D eigenvalue weighted by molar-refractivity contribution is 5.97. The summed E-state index contributed by atoms with van der Waals surface area (Å²) < 4.78 is 16.1. The van der Waals surface area contributed by atoms with Gasteiger partial charge in [-0.05, 0) is 166 Å². The van der Waals surface area contributed by atoms with E-state index in [1.165, 1.54) is 48.4 Å². The molecule has 562 valence electrons. The molecule has 11 aromatic carbocycles. The molecule has 6 N–H and O–H groups in total. The molecule has 0 radical (unpaired) electrons. The first kappa shape index (κ1) is 81.7. The number of benzene rings is 11. The molecule has 109 heavy (non-hydrogen) atoms. The molecule has 0 unspecified atom stereocenters. The van der Waals surface area contributed by atoms with E-state index in [0.29, 0.717) is 85.2 Å². The molecule has 1 saturated carbocycles. The summed E-state index contributed by atoms with van der Waals surface area (Å²) in [6.07, 6.45) is 6.09. The second-order valence-corrected chi connectivity index (χ2v) is 26.1. The van der Waals surface area contributed by atoms with Gasteiger partial charge in [-0.3, -0.25) is 14.4 Å².